The molecule has 8 heteroatoms. The Morgan fingerprint density at radius 3 is 0.571 bits per heavy atom. The van der Waals surface area contributed by atoms with E-state index in [4.69, 9.17) is 18.9 Å². The first-order valence-electron chi connectivity index (χ1n) is 26.5. The molecular weight excluding hydrogens is 957 g/mol. The minimum Gasteiger partial charge on any atom is -0.508 e. The van der Waals surface area contributed by atoms with Crippen LogP contribution in [-0.2, 0) is 21.7 Å². The average Bonchev–Trinajstić information content (AvgIpc) is 3.38. The van der Waals surface area contributed by atoms with Gasteiger partial charge in [0.25, 0.3) is 0 Å². The van der Waals surface area contributed by atoms with E-state index >= 15 is 0 Å². The standard InChI is InChI=1S/C69H76O8/c1-41-45(5)61(70)37-33-57(41)65(9,10)49-17-25-53(26-18-49)74-69(75-54-27-19-50(20-28-54)66(11,12)58-34-38-62(71)46(6)42(58)2,76-55-29-21-51(22-30-55)67(13,14)59-35-39-63(72)47(7)43(59)3)77-56-31-23-52(24-32-56)68(15,16)60-36-40-64(73)48(8)44(60)4/h17-40,70-73H,1-16H3. The highest BCUT2D eigenvalue weighted by Gasteiger charge is 2.45. The van der Waals surface area contributed by atoms with Crippen LogP contribution in [0.4, 0.5) is 0 Å². The summed E-state index contributed by atoms with van der Waals surface area (Å²) in [5, 5.41) is 42.1. The Kier molecular flexibility index (Phi) is 14.8. The number of phenols is 4. The van der Waals surface area contributed by atoms with E-state index in [1.54, 1.807) is 24.3 Å². The number of rotatable bonds is 16. The molecule has 0 amide bonds. The minimum atomic E-state index is -2.27. The van der Waals surface area contributed by atoms with Crippen LogP contribution in [0, 0.1) is 55.4 Å². The SMILES string of the molecule is Cc1c(O)ccc(C(C)(C)c2ccc(OC(Oc3ccc(C(C)(C)c4ccc(O)c(C)c4C)cc3)(Oc3ccc(C(C)(C)c4ccc(O)c(C)c4C)cc3)Oc3ccc(C(C)(C)c4ccc(O)c(C)c4C)cc3)cc2)c1C. The maximum atomic E-state index is 10.5. The van der Waals surface area contributed by atoms with E-state index in [0.717, 1.165) is 89.0 Å². The van der Waals surface area contributed by atoms with Gasteiger partial charge in [-0.25, -0.2) is 0 Å². The van der Waals surface area contributed by atoms with Gasteiger partial charge in [-0.15, -0.1) is 0 Å². The quantitative estimate of drug-likeness (QED) is 0.0707. The molecule has 0 saturated heterocycles. The minimum absolute atomic E-state index is 0.268. The fraction of sp³-hybridized carbons (Fsp3) is 0.304. The van der Waals surface area contributed by atoms with Gasteiger partial charge in [0.2, 0.25) is 0 Å². The molecule has 0 spiro atoms. The van der Waals surface area contributed by atoms with Crippen molar-refractivity contribution >= 4 is 0 Å². The molecule has 0 aliphatic rings. The van der Waals surface area contributed by atoms with Gasteiger partial charge < -0.3 is 39.4 Å². The van der Waals surface area contributed by atoms with Gasteiger partial charge in [0.1, 0.15) is 46.0 Å². The van der Waals surface area contributed by atoms with E-state index < -0.39 is 27.8 Å². The number of ether oxygens (including phenoxy) is 4. The van der Waals surface area contributed by atoms with Gasteiger partial charge in [-0.05, 0) is 217 Å². The molecule has 8 aromatic carbocycles. The highest BCUT2D eigenvalue weighted by molar-refractivity contribution is 5.54. The molecule has 0 aromatic heterocycles. The van der Waals surface area contributed by atoms with Crippen LogP contribution in [0.25, 0.3) is 0 Å². The van der Waals surface area contributed by atoms with E-state index in [9.17, 15) is 20.4 Å². The lowest BCUT2D eigenvalue weighted by atomic mass is 9.75. The Morgan fingerprint density at radius 1 is 0.234 bits per heavy atom. The van der Waals surface area contributed by atoms with Gasteiger partial charge in [-0.3, -0.25) is 0 Å². The molecule has 0 unspecified atom stereocenters. The largest absolute Gasteiger partial charge is 0.611 e. The van der Waals surface area contributed by atoms with Crippen LogP contribution in [0.1, 0.15) is 144 Å². The summed E-state index contributed by atoms with van der Waals surface area (Å²) >= 11 is 0. The van der Waals surface area contributed by atoms with Crippen molar-refractivity contribution in [1.29, 1.82) is 0 Å². The van der Waals surface area contributed by atoms with Gasteiger partial charge in [0, 0.05) is 21.7 Å². The Labute approximate surface area is 456 Å². The first kappa shape index (κ1) is 55.4. The number of aromatic hydroxyl groups is 4. The molecule has 0 bridgehead atoms. The second-order valence-corrected chi connectivity index (χ2v) is 23.0. The Hall–Kier alpha value is -7.84. The zero-order valence-corrected chi connectivity index (χ0v) is 47.8. The molecule has 0 heterocycles. The predicted octanol–water partition coefficient (Wildman–Crippen LogP) is 16.5. The predicted molar refractivity (Wildman–Crippen MR) is 310 cm³/mol. The van der Waals surface area contributed by atoms with Crippen molar-refractivity contribution in [2.75, 3.05) is 0 Å². The Balaban J connectivity index is 1.24. The molecule has 400 valence electrons. The lowest BCUT2D eigenvalue weighted by Crippen LogP contribution is -2.53. The summed E-state index contributed by atoms with van der Waals surface area (Å²) in [4.78, 5) is 0. The molecule has 8 aromatic rings. The van der Waals surface area contributed by atoms with E-state index in [1.807, 2.05) is 177 Å². The number of benzene rings is 8. The summed E-state index contributed by atoms with van der Waals surface area (Å²) in [5.74, 6) is 2.71. The van der Waals surface area contributed by atoms with Crippen LogP contribution in [-0.4, -0.2) is 26.6 Å². The molecule has 0 aliphatic heterocycles. The highest BCUT2D eigenvalue weighted by Crippen LogP contribution is 2.43. The van der Waals surface area contributed by atoms with Crippen molar-refractivity contribution in [3.05, 3.63) is 235 Å². The summed E-state index contributed by atoms with van der Waals surface area (Å²) < 4.78 is 28.0. The number of hydrogen-bond acceptors (Lipinski definition) is 8. The molecule has 0 aliphatic carbocycles. The third-order valence-corrected chi connectivity index (χ3v) is 17.0. The van der Waals surface area contributed by atoms with E-state index in [2.05, 4.69) is 55.4 Å². The van der Waals surface area contributed by atoms with Crippen LogP contribution in [0.5, 0.6) is 46.0 Å². The van der Waals surface area contributed by atoms with Gasteiger partial charge in [-0.1, -0.05) is 128 Å². The highest BCUT2D eigenvalue weighted by atomic mass is 17.0. The third-order valence-electron chi connectivity index (χ3n) is 17.0. The average molecular weight is 1030 g/mol. The van der Waals surface area contributed by atoms with Crippen molar-refractivity contribution in [1.82, 2.24) is 0 Å². The van der Waals surface area contributed by atoms with Crippen LogP contribution in [0.2, 0.25) is 0 Å². The van der Waals surface area contributed by atoms with Crippen molar-refractivity contribution < 1.29 is 39.4 Å². The fourth-order valence-corrected chi connectivity index (χ4v) is 11.0. The van der Waals surface area contributed by atoms with E-state index in [1.165, 1.54) is 0 Å². The summed E-state index contributed by atoms with van der Waals surface area (Å²) in [6.07, 6.45) is -2.27. The number of hydrogen-bond donors (Lipinski definition) is 4. The first-order chi connectivity index (χ1) is 36.1. The zero-order valence-electron chi connectivity index (χ0n) is 47.8. The molecular formula is C69H76O8. The monoisotopic (exact) mass is 1030 g/mol. The fourth-order valence-electron chi connectivity index (χ4n) is 11.0. The Morgan fingerprint density at radius 2 is 0.403 bits per heavy atom. The molecule has 8 rings (SSSR count). The van der Waals surface area contributed by atoms with Crippen molar-refractivity contribution in [3.63, 3.8) is 0 Å². The summed E-state index contributed by atoms with van der Waals surface area (Å²) in [6.45, 7) is 33.2. The summed E-state index contributed by atoms with van der Waals surface area (Å²) in [7, 11) is 0. The summed E-state index contributed by atoms with van der Waals surface area (Å²) in [6, 6.07) is 46.3. The topological polar surface area (TPSA) is 118 Å². The molecule has 4 N–H and O–H groups in total. The van der Waals surface area contributed by atoms with E-state index in [-0.39, 0.29) is 23.0 Å². The molecule has 0 fully saturated rings. The molecule has 77 heavy (non-hydrogen) atoms. The number of phenolic OH excluding ortho intramolecular Hbond substituents is 4. The normalized spacial score (nSPS) is 12.4. The van der Waals surface area contributed by atoms with Crippen molar-refractivity contribution in [2.24, 2.45) is 0 Å². The second-order valence-electron chi connectivity index (χ2n) is 23.0. The third kappa shape index (κ3) is 10.6. The van der Waals surface area contributed by atoms with Crippen LogP contribution in [0.3, 0.4) is 0 Å². The second kappa shape index (κ2) is 20.6. The van der Waals surface area contributed by atoms with Crippen LogP contribution >= 0.6 is 0 Å². The van der Waals surface area contributed by atoms with Crippen LogP contribution in [0.15, 0.2) is 146 Å². The van der Waals surface area contributed by atoms with Gasteiger partial charge >= 0.3 is 6.16 Å². The first-order valence-corrected chi connectivity index (χ1v) is 26.5. The summed E-state index contributed by atoms with van der Waals surface area (Å²) in [5.41, 5.74) is 14.2. The molecule has 0 atom stereocenters. The van der Waals surface area contributed by atoms with Gasteiger partial charge in [0.05, 0.1) is 0 Å². The zero-order chi connectivity index (χ0) is 56.2. The smallest absolute Gasteiger partial charge is 0.508 e. The van der Waals surface area contributed by atoms with E-state index in [0.29, 0.717) is 23.0 Å². The molecule has 8 nitrogen and oxygen atoms in total. The molecule has 0 radical (unpaired) electrons. The maximum absolute atomic E-state index is 10.5. The Bertz CT molecular complexity index is 2990. The lowest BCUT2D eigenvalue weighted by Gasteiger charge is -2.34. The van der Waals surface area contributed by atoms with Crippen molar-refractivity contribution in [3.8, 4) is 46.0 Å². The molecule has 0 saturated carbocycles. The van der Waals surface area contributed by atoms with Crippen LogP contribution < -0.4 is 18.9 Å². The lowest BCUT2D eigenvalue weighted by molar-refractivity contribution is -0.367. The maximum Gasteiger partial charge on any atom is 0.611 e. The van der Waals surface area contributed by atoms with Gasteiger partial charge in [0.15, 0.2) is 0 Å². The van der Waals surface area contributed by atoms with Gasteiger partial charge in [-0.2, -0.15) is 0 Å². The van der Waals surface area contributed by atoms with Crippen molar-refractivity contribution in [2.45, 2.75) is 139 Å².